The maximum Gasteiger partial charge on any atom is 0.416 e. The lowest BCUT2D eigenvalue weighted by Gasteiger charge is -2.13. The molecular weight excluding hydrogens is 449 g/mol. The van der Waals surface area contributed by atoms with Gasteiger partial charge in [-0.3, -0.25) is 9.78 Å². The third-order valence-electron chi connectivity index (χ3n) is 4.23. The van der Waals surface area contributed by atoms with E-state index in [1.807, 2.05) is 0 Å². The van der Waals surface area contributed by atoms with Gasteiger partial charge >= 0.3 is 6.18 Å². The first kappa shape index (κ1) is 23.1. The molecule has 0 aliphatic heterocycles. The first-order chi connectivity index (χ1) is 15.1. The summed E-state index contributed by atoms with van der Waals surface area (Å²) < 4.78 is 76.0. The number of nitrogens with one attached hydrogen (secondary N) is 1. The van der Waals surface area contributed by atoms with Crippen molar-refractivity contribution in [3.63, 3.8) is 0 Å². The average molecular weight is 466 g/mol. The molecule has 3 aromatic rings. The summed E-state index contributed by atoms with van der Waals surface area (Å²) in [5.41, 5.74) is -0.588. The van der Waals surface area contributed by atoms with Crippen LogP contribution in [0.1, 0.15) is 21.6 Å². The van der Waals surface area contributed by atoms with Crippen LogP contribution >= 0.6 is 0 Å². The van der Waals surface area contributed by atoms with Crippen molar-refractivity contribution in [2.24, 2.45) is 0 Å². The second-order valence-corrected chi connectivity index (χ2v) is 8.12. The monoisotopic (exact) mass is 466 g/mol. The zero-order chi connectivity index (χ0) is 23.4. The Labute approximate surface area is 181 Å². The fourth-order valence-corrected chi connectivity index (χ4v) is 3.66. The molecule has 0 spiro atoms. The van der Waals surface area contributed by atoms with E-state index in [1.54, 1.807) is 29.1 Å². The number of alkyl halides is 3. The van der Waals surface area contributed by atoms with Crippen LogP contribution in [0, 0.1) is 0 Å². The lowest BCUT2D eigenvalue weighted by atomic mass is 10.2. The van der Waals surface area contributed by atoms with Crippen LogP contribution in [0.2, 0.25) is 0 Å². The minimum Gasteiger partial charge on any atom is -0.493 e. The van der Waals surface area contributed by atoms with Gasteiger partial charge in [-0.2, -0.15) is 13.2 Å². The van der Waals surface area contributed by atoms with Crippen LogP contribution in [-0.4, -0.2) is 26.4 Å². The summed E-state index contributed by atoms with van der Waals surface area (Å²) in [6, 6.07) is 12.4. The van der Waals surface area contributed by atoms with E-state index in [-0.39, 0.29) is 23.7 Å². The third-order valence-corrected chi connectivity index (χ3v) is 5.55. The Balaban J connectivity index is 1.77. The van der Waals surface area contributed by atoms with Crippen LogP contribution in [-0.2, 0) is 22.8 Å². The predicted octanol–water partition coefficient (Wildman–Crippen LogP) is 3.81. The summed E-state index contributed by atoms with van der Waals surface area (Å²) in [6.45, 7) is 0.132. The molecule has 1 N–H and O–H groups in total. The average Bonchev–Trinajstić information content (AvgIpc) is 2.77. The second-order valence-electron chi connectivity index (χ2n) is 6.44. The highest BCUT2D eigenvalue weighted by Gasteiger charge is 2.32. The van der Waals surface area contributed by atoms with Crippen LogP contribution in [0.3, 0.4) is 0 Å². The Hall–Kier alpha value is -3.60. The number of carbonyl (C=O) groups is 1. The van der Waals surface area contributed by atoms with E-state index < -0.39 is 32.6 Å². The van der Waals surface area contributed by atoms with E-state index in [1.165, 1.54) is 25.3 Å². The highest BCUT2D eigenvalue weighted by atomic mass is 32.2. The molecule has 0 fully saturated rings. The largest absolute Gasteiger partial charge is 0.493 e. The Morgan fingerprint density at radius 3 is 2.47 bits per heavy atom. The van der Waals surface area contributed by atoms with Crippen LogP contribution in [0.15, 0.2) is 71.8 Å². The van der Waals surface area contributed by atoms with Gasteiger partial charge in [-0.15, -0.1) is 0 Å². The number of nitrogens with zero attached hydrogens (tertiary/aromatic N) is 1. The quantitative estimate of drug-likeness (QED) is 0.569. The van der Waals surface area contributed by atoms with E-state index in [4.69, 9.17) is 9.47 Å². The number of benzene rings is 2. The van der Waals surface area contributed by atoms with Gasteiger partial charge in [0.2, 0.25) is 0 Å². The van der Waals surface area contributed by atoms with E-state index in [0.717, 1.165) is 18.2 Å². The molecule has 0 bridgehead atoms. The number of halogens is 3. The van der Waals surface area contributed by atoms with Crippen molar-refractivity contribution >= 4 is 15.9 Å². The molecule has 0 unspecified atom stereocenters. The zero-order valence-electron chi connectivity index (χ0n) is 16.6. The maximum atomic E-state index is 12.9. The maximum absolute atomic E-state index is 12.9. The topological polar surface area (TPSA) is 94.6 Å². The Morgan fingerprint density at radius 1 is 1.03 bits per heavy atom. The lowest BCUT2D eigenvalue weighted by Crippen LogP contribution is -2.30. The summed E-state index contributed by atoms with van der Waals surface area (Å²) in [5, 5.41) is 0. The van der Waals surface area contributed by atoms with Gasteiger partial charge in [0.1, 0.15) is 6.61 Å². The number of hydrogen-bond donors (Lipinski definition) is 1. The van der Waals surface area contributed by atoms with Crippen LogP contribution in [0.25, 0.3) is 0 Å². The number of ether oxygens (including phenoxy) is 2. The first-order valence-electron chi connectivity index (χ1n) is 9.05. The van der Waals surface area contributed by atoms with Gasteiger partial charge < -0.3 is 9.47 Å². The number of pyridine rings is 1. The van der Waals surface area contributed by atoms with Crippen LogP contribution < -0.4 is 14.2 Å². The molecule has 0 atom stereocenters. The molecule has 7 nitrogen and oxygen atoms in total. The standard InChI is InChI=1S/C21H17F3N2O5S/c1-30-19-11-14(8-9-18(19)31-13-16-6-2-3-10-25-16)20(27)26-32(28,29)17-7-4-5-15(12-17)21(22,23)24/h2-12H,13H2,1H3,(H,26,27). The molecule has 2 aromatic carbocycles. The van der Waals surface area contributed by atoms with Crippen LogP contribution in [0.5, 0.6) is 11.5 Å². The summed E-state index contributed by atoms with van der Waals surface area (Å²) in [5.74, 6) is -0.600. The molecule has 0 aliphatic carbocycles. The molecule has 1 aromatic heterocycles. The lowest BCUT2D eigenvalue weighted by molar-refractivity contribution is -0.137. The highest BCUT2D eigenvalue weighted by Crippen LogP contribution is 2.31. The van der Waals surface area contributed by atoms with E-state index in [9.17, 15) is 26.4 Å². The van der Waals surface area contributed by atoms with Gasteiger partial charge in [-0.1, -0.05) is 12.1 Å². The molecule has 11 heteroatoms. The molecule has 1 heterocycles. The molecule has 0 saturated heterocycles. The predicted molar refractivity (Wildman–Crippen MR) is 108 cm³/mol. The van der Waals surface area contributed by atoms with Crippen molar-refractivity contribution in [1.29, 1.82) is 0 Å². The number of hydrogen-bond acceptors (Lipinski definition) is 6. The molecular formula is C21H17F3N2O5S. The van der Waals surface area contributed by atoms with Crippen molar-refractivity contribution in [2.45, 2.75) is 17.7 Å². The smallest absolute Gasteiger partial charge is 0.416 e. The number of carbonyl (C=O) groups excluding carboxylic acids is 1. The van der Waals surface area contributed by atoms with Crippen molar-refractivity contribution in [3.05, 3.63) is 83.7 Å². The fourth-order valence-electron chi connectivity index (χ4n) is 2.64. The van der Waals surface area contributed by atoms with E-state index in [2.05, 4.69) is 4.98 Å². The molecule has 1 amide bonds. The second kappa shape index (κ2) is 9.27. The third kappa shape index (κ3) is 5.55. The molecule has 0 aliphatic rings. The van der Waals surface area contributed by atoms with Crippen molar-refractivity contribution < 1.29 is 35.9 Å². The van der Waals surface area contributed by atoms with E-state index >= 15 is 0 Å². The van der Waals surface area contributed by atoms with Gasteiger partial charge in [0, 0.05) is 11.8 Å². The Kier molecular flexibility index (Phi) is 6.68. The van der Waals surface area contributed by atoms with Gasteiger partial charge in [0.15, 0.2) is 11.5 Å². The van der Waals surface area contributed by atoms with Gasteiger partial charge in [0.05, 0.1) is 23.3 Å². The first-order valence-corrected chi connectivity index (χ1v) is 10.5. The van der Waals surface area contributed by atoms with Gasteiger partial charge in [-0.25, -0.2) is 13.1 Å². The number of aromatic nitrogens is 1. The zero-order valence-corrected chi connectivity index (χ0v) is 17.4. The molecule has 168 valence electrons. The molecule has 3 rings (SSSR count). The number of rotatable bonds is 7. The summed E-state index contributed by atoms with van der Waals surface area (Å²) in [7, 11) is -3.21. The molecule has 0 saturated carbocycles. The SMILES string of the molecule is COc1cc(C(=O)NS(=O)(=O)c2cccc(C(F)(F)F)c2)ccc1OCc1ccccn1. The molecule has 0 radical (unpaired) electrons. The van der Waals surface area contributed by atoms with Crippen LogP contribution in [0.4, 0.5) is 13.2 Å². The van der Waals surface area contributed by atoms with Crippen molar-refractivity contribution in [3.8, 4) is 11.5 Å². The Bertz CT molecular complexity index is 1220. The molecule has 32 heavy (non-hydrogen) atoms. The number of amides is 1. The fraction of sp³-hybridized carbons (Fsp3) is 0.143. The van der Waals surface area contributed by atoms with Gasteiger partial charge in [-0.05, 0) is 48.5 Å². The summed E-state index contributed by atoms with van der Waals surface area (Å²) in [6.07, 6.45) is -3.12. The summed E-state index contributed by atoms with van der Waals surface area (Å²) in [4.78, 5) is 15.9. The number of sulfonamides is 1. The van der Waals surface area contributed by atoms with Crippen molar-refractivity contribution in [2.75, 3.05) is 7.11 Å². The highest BCUT2D eigenvalue weighted by molar-refractivity contribution is 7.90. The van der Waals surface area contributed by atoms with Crippen molar-refractivity contribution in [1.82, 2.24) is 9.71 Å². The summed E-state index contributed by atoms with van der Waals surface area (Å²) >= 11 is 0. The van der Waals surface area contributed by atoms with E-state index in [0.29, 0.717) is 11.8 Å². The minimum atomic E-state index is -4.73. The number of methoxy groups -OCH3 is 1. The normalized spacial score (nSPS) is 11.6. The minimum absolute atomic E-state index is 0.0948. The van der Waals surface area contributed by atoms with Gasteiger partial charge in [0.25, 0.3) is 15.9 Å². The Morgan fingerprint density at radius 2 is 1.81 bits per heavy atom.